The Kier molecular flexibility index (Phi) is 4.62. The molecular formula is C14H19N3O4. The van der Waals surface area contributed by atoms with Crippen molar-refractivity contribution in [3.63, 3.8) is 0 Å². The molecule has 3 N–H and O–H groups in total. The zero-order valence-corrected chi connectivity index (χ0v) is 11.7. The number of hydrogen-bond acceptors (Lipinski definition) is 3. The number of primary amides is 1. The van der Waals surface area contributed by atoms with Gasteiger partial charge < -0.3 is 20.3 Å². The number of amides is 2. The van der Waals surface area contributed by atoms with Gasteiger partial charge in [0.25, 0.3) is 5.91 Å². The molecule has 2 rings (SSSR count). The van der Waals surface area contributed by atoms with Crippen LogP contribution in [0.1, 0.15) is 36.2 Å². The third-order valence-electron chi connectivity index (χ3n) is 3.71. The van der Waals surface area contributed by atoms with Gasteiger partial charge in [-0.1, -0.05) is 12.8 Å². The normalized spacial score (nSPS) is 15.0. The number of carboxylic acids is 1. The molecular weight excluding hydrogens is 274 g/mol. The van der Waals surface area contributed by atoms with Gasteiger partial charge in [-0.15, -0.1) is 0 Å². The van der Waals surface area contributed by atoms with Gasteiger partial charge in [-0.2, -0.15) is 0 Å². The minimum atomic E-state index is -1.03. The summed E-state index contributed by atoms with van der Waals surface area (Å²) >= 11 is 0. The van der Waals surface area contributed by atoms with Crippen LogP contribution in [0.4, 0.5) is 0 Å². The van der Waals surface area contributed by atoms with Crippen LogP contribution in [0.2, 0.25) is 0 Å². The molecule has 0 aliphatic heterocycles. The Morgan fingerprint density at radius 2 is 2.00 bits per heavy atom. The fourth-order valence-corrected chi connectivity index (χ4v) is 2.79. The maximum Gasteiger partial charge on any atom is 0.323 e. The summed E-state index contributed by atoms with van der Waals surface area (Å²) in [5.74, 6) is -1.93. The maximum atomic E-state index is 12.6. The van der Waals surface area contributed by atoms with E-state index in [1.54, 1.807) is 18.3 Å². The fraction of sp³-hybridized carbons (Fsp3) is 0.500. The summed E-state index contributed by atoms with van der Waals surface area (Å²) in [5, 5.41) is 8.87. The summed E-state index contributed by atoms with van der Waals surface area (Å²) in [5.41, 5.74) is 5.51. The molecule has 1 aromatic rings. The Hall–Kier alpha value is -2.31. The van der Waals surface area contributed by atoms with Crippen LogP contribution in [0.25, 0.3) is 0 Å². The molecule has 0 radical (unpaired) electrons. The van der Waals surface area contributed by atoms with Crippen LogP contribution in [-0.2, 0) is 16.1 Å². The summed E-state index contributed by atoms with van der Waals surface area (Å²) in [4.78, 5) is 36.2. The van der Waals surface area contributed by atoms with Crippen molar-refractivity contribution in [1.29, 1.82) is 0 Å². The third kappa shape index (κ3) is 3.62. The monoisotopic (exact) mass is 293 g/mol. The average Bonchev–Trinajstić information content (AvgIpc) is 3.05. The molecule has 2 amide bonds. The third-order valence-corrected chi connectivity index (χ3v) is 3.71. The second-order valence-corrected chi connectivity index (χ2v) is 5.25. The first kappa shape index (κ1) is 15.1. The smallest absolute Gasteiger partial charge is 0.323 e. The van der Waals surface area contributed by atoms with E-state index in [9.17, 15) is 14.4 Å². The lowest BCUT2D eigenvalue weighted by Gasteiger charge is -2.28. The van der Waals surface area contributed by atoms with Crippen molar-refractivity contribution in [3.05, 3.63) is 24.0 Å². The Morgan fingerprint density at radius 3 is 2.57 bits per heavy atom. The molecule has 1 fully saturated rings. The van der Waals surface area contributed by atoms with Crippen LogP contribution in [-0.4, -0.2) is 44.9 Å². The first-order valence-electron chi connectivity index (χ1n) is 6.95. The molecule has 1 saturated carbocycles. The quantitative estimate of drug-likeness (QED) is 0.794. The maximum absolute atomic E-state index is 12.6. The van der Waals surface area contributed by atoms with Crippen LogP contribution in [0.15, 0.2) is 18.3 Å². The van der Waals surface area contributed by atoms with Crippen molar-refractivity contribution < 1.29 is 19.5 Å². The van der Waals surface area contributed by atoms with E-state index in [4.69, 9.17) is 10.8 Å². The molecule has 0 bridgehead atoms. The zero-order chi connectivity index (χ0) is 15.4. The molecule has 0 atom stereocenters. The number of aliphatic carboxylic acids is 1. The first-order chi connectivity index (χ1) is 9.99. The van der Waals surface area contributed by atoms with Crippen molar-refractivity contribution in [3.8, 4) is 0 Å². The summed E-state index contributed by atoms with van der Waals surface area (Å²) in [6.45, 7) is -0.426. The lowest BCUT2D eigenvalue weighted by Crippen LogP contribution is -2.44. The SMILES string of the molecule is NC(=O)CN(C(=O)c1cccn1CC(=O)O)C1CCCC1. The van der Waals surface area contributed by atoms with Gasteiger partial charge in [0.05, 0.1) is 6.54 Å². The number of aromatic nitrogens is 1. The second kappa shape index (κ2) is 6.43. The van der Waals surface area contributed by atoms with Gasteiger partial charge in [-0.3, -0.25) is 14.4 Å². The molecule has 1 heterocycles. The number of carboxylic acid groups (broad SMARTS) is 1. The van der Waals surface area contributed by atoms with Gasteiger partial charge in [0.2, 0.25) is 5.91 Å². The number of hydrogen-bond donors (Lipinski definition) is 2. The van der Waals surface area contributed by atoms with E-state index in [1.165, 1.54) is 9.47 Å². The predicted molar refractivity (Wildman–Crippen MR) is 74.6 cm³/mol. The van der Waals surface area contributed by atoms with E-state index in [1.807, 2.05) is 0 Å². The van der Waals surface area contributed by atoms with Crippen molar-refractivity contribution >= 4 is 17.8 Å². The van der Waals surface area contributed by atoms with Gasteiger partial charge in [0, 0.05) is 12.2 Å². The minimum absolute atomic E-state index is 0.00169. The van der Waals surface area contributed by atoms with Crippen LogP contribution in [0.5, 0.6) is 0 Å². The highest BCUT2D eigenvalue weighted by Crippen LogP contribution is 2.24. The van der Waals surface area contributed by atoms with Crippen LogP contribution in [0, 0.1) is 0 Å². The number of nitrogens with zero attached hydrogens (tertiary/aromatic N) is 2. The van der Waals surface area contributed by atoms with Gasteiger partial charge in [-0.25, -0.2) is 0 Å². The highest BCUT2D eigenvalue weighted by Gasteiger charge is 2.30. The number of nitrogens with two attached hydrogens (primary N) is 1. The number of rotatable bonds is 6. The molecule has 7 heteroatoms. The Morgan fingerprint density at radius 1 is 1.33 bits per heavy atom. The summed E-state index contributed by atoms with van der Waals surface area (Å²) < 4.78 is 1.37. The highest BCUT2D eigenvalue weighted by atomic mass is 16.4. The zero-order valence-electron chi connectivity index (χ0n) is 11.7. The standard InChI is InChI=1S/C14H19N3O4/c15-12(18)8-17(10-4-1-2-5-10)14(21)11-6-3-7-16(11)9-13(19)20/h3,6-7,10H,1-2,4-5,8-9H2,(H2,15,18)(H,19,20). The van der Waals surface area contributed by atoms with Gasteiger partial charge in [0.15, 0.2) is 0 Å². The molecule has 1 aliphatic rings. The van der Waals surface area contributed by atoms with E-state index in [2.05, 4.69) is 0 Å². The molecule has 7 nitrogen and oxygen atoms in total. The Balaban J connectivity index is 2.22. The fourth-order valence-electron chi connectivity index (χ4n) is 2.79. The lowest BCUT2D eigenvalue weighted by atomic mass is 10.2. The highest BCUT2D eigenvalue weighted by molar-refractivity contribution is 5.95. The molecule has 0 aromatic carbocycles. The summed E-state index contributed by atoms with van der Waals surface area (Å²) in [6, 6.07) is 3.18. The second-order valence-electron chi connectivity index (χ2n) is 5.25. The van der Waals surface area contributed by atoms with Crippen molar-refractivity contribution in [2.24, 2.45) is 5.73 Å². The Labute approximate surface area is 122 Å². The first-order valence-corrected chi connectivity index (χ1v) is 6.95. The number of carbonyl (C=O) groups is 3. The molecule has 0 spiro atoms. The average molecular weight is 293 g/mol. The molecule has 0 unspecified atom stereocenters. The minimum Gasteiger partial charge on any atom is -0.480 e. The van der Waals surface area contributed by atoms with E-state index in [-0.39, 0.29) is 30.7 Å². The van der Waals surface area contributed by atoms with Crippen LogP contribution >= 0.6 is 0 Å². The van der Waals surface area contributed by atoms with E-state index < -0.39 is 11.9 Å². The molecule has 0 saturated heterocycles. The Bertz CT molecular complexity index is 546. The van der Waals surface area contributed by atoms with Crippen LogP contribution in [0.3, 0.4) is 0 Å². The topological polar surface area (TPSA) is 106 Å². The van der Waals surface area contributed by atoms with E-state index >= 15 is 0 Å². The molecule has 21 heavy (non-hydrogen) atoms. The lowest BCUT2D eigenvalue weighted by molar-refractivity contribution is -0.137. The van der Waals surface area contributed by atoms with E-state index in [0.717, 1.165) is 25.7 Å². The van der Waals surface area contributed by atoms with Gasteiger partial charge in [-0.05, 0) is 25.0 Å². The predicted octanol–water partition coefficient (Wildman–Crippen LogP) is 0.443. The summed E-state index contributed by atoms with van der Waals surface area (Å²) in [6.07, 6.45) is 5.27. The van der Waals surface area contributed by atoms with Crippen molar-refractivity contribution in [1.82, 2.24) is 9.47 Å². The van der Waals surface area contributed by atoms with Crippen molar-refractivity contribution in [2.75, 3.05) is 6.54 Å². The number of carbonyl (C=O) groups excluding carboxylic acids is 2. The largest absolute Gasteiger partial charge is 0.480 e. The summed E-state index contributed by atoms with van der Waals surface area (Å²) in [7, 11) is 0. The van der Waals surface area contributed by atoms with Gasteiger partial charge >= 0.3 is 5.97 Å². The van der Waals surface area contributed by atoms with Gasteiger partial charge in [0.1, 0.15) is 12.2 Å². The molecule has 114 valence electrons. The van der Waals surface area contributed by atoms with Crippen molar-refractivity contribution in [2.45, 2.75) is 38.3 Å². The molecule has 1 aromatic heterocycles. The van der Waals surface area contributed by atoms with E-state index in [0.29, 0.717) is 0 Å². The molecule has 1 aliphatic carbocycles. The van der Waals surface area contributed by atoms with Crippen LogP contribution < -0.4 is 5.73 Å².